The predicted molar refractivity (Wildman–Crippen MR) is 71.0 cm³/mol. The highest BCUT2D eigenvalue weighted by Gasteiger charge is 2.36. The molecular formula is C12H21N3O3S. The second-order valence-corrected chi connectivity index (χ2v) is 7.31. The summed E-state index contributed by atoms with van der Waals surface area (Å²) in [4.78, 5) is 0.138. The first-order valence-electron chi connectivity index (χ1n) is 6.52. The van der Waals surface area contributed by atoms with Gasteiger partial charge in [0.1, 0.15) is 10.6 Å². The fourth-order valence-electron chi connectivity index (χ4n) is 2.56. The van der Waals surface area contributed by atoms with Crippen molar-refractivity contribution in [3.05, 3.63) is 11.4 Å². The van der Waals surface area contributed by atoms with Gasteiger partial charge in [0.15, 0.2) is 0 Å². The van der Waals surface area contributed by atoms with Gasteiger partial charge in [-0.05, 0) is 25.2 Å². The average molecular weight is 287 g/mol. The highest BCUT2D eigenvalue weighted by atomic mass is 32.2. The van der Waals surface area contributed by atoms with E-state index in [2.05, 4.69) is 24.0 Å². The van der Waals surface area contributed by atoms with Crippen LogP contribution in [0.5, 0.6) is 0 Å². The van der Waals surface area contributed by atoms with Crippen molar-refractivity contribution < 1.29 is 13.5 Å². The molecule has 1 aromatic heterocycles. The first-order chi connectivity index (χ1) is 8.87. The van der Waals surface area contributed by atoms with E-state index < -0.39 is 10.0 Å². The van der Waals surface area contributed by atoms with E-state index >= 15 is 0 Å². The van der Waals surface area contributed by atoms with Gasteiger partial charge in [0.25, 0.3) is 0 Å². The van der Waals surface area contributed by atoms with Crippen LogP contribution in [0.25, 0.3) is 0 Å². The third-order valence-corrected chi connectivity index (χ3v) is 5.91. The number of nitrogens with zero attached hydrogens (tertiary/aromatic N) is 2. The van der Waals surface area contributed by atoms with Crippen molar-refractivity contribution in [1.82, 2.24) is 14.5 Å². The molecule has 0 radical (unpaired) electrons. The van der Waals surface area contributed by atoms with Crippen LogP contribution in [0.1, 0.15) is 31.7 Å². The zero-order valence-corrected chi connectivity index (χ0v) is 12.4. The molecule has 6 nitrogen and oxygen atoms in total. The summed E-state index contributed by atoms with van der Waals surface area (Å²) in [5.41, 5.74) is 0.683. The normalized spacial score (nSPS) is 21.4. The first-order valence-corrected chi connectivity index (χ1v) is 7.96. The van der Waals surface area contributed by atoms with Gasteiger partial charge in [-0.3, -0.25) is 5.10 Å². The zero-order chi connectivity index (χ0) is 14.2. The van der Waals surface area contributed by atoms with E-state index in [1.165, 1.54) is 4.31 Å². The van der Waals surface area contributed by atoms with Gasteiger partial charge >= 0.3 is 0 Å². The van der Waals surface area contributed by atoms with Crippen molar-refractivity contribution in [2.75, 3.05) is 13.1 Å². The van der Waals surface area contributed by atoms with Crippen molar-refractivity contribution in [3.8, 4) is 0 Å². The highest BCUT2D eigenvalue weighted by Crippen LogP contribution is 2.30. The van der Waals surface area contributed by atoms with Crippen LogP contribution in [0.15, 0.2) is 4.90 Å². The number of aryl methyl sites for hydroxylation is 1. The molecule has 7 heteroatoms. The Kier molecular flexibility index (Phi) is 3.98. The van der Waals surface area contributed by atoms with Crippen LogP contribution >= 0.6 is 0 Å². The van der Waals surface area contributed by atoms with Gasteiger partial charge < -0.3 is 5.11 Å². The molecule has 0 aliphatic carbocycles. The summed E-state index contributed by atoms with van der Waals surface area (Å²) in [7, 11) is -3.56. The van der Waals surface area contributed by atoms with Crippen LogP contribution in [-0.2, 0) is 16.6 Å². The van der Waals surface area contributed by atoms with E-state index in [1.807, 2.05) is 0 Å². The molecule has 2 rings (SSSR count). The van der Waals surface area contributed by atoms with Gasteiger partial charge in [0, 0.05) is 13.1 Å². The number of aromatic nitrogens is 2. The summed E-state index contributed by atoms with van der Waals surface area (Å²) < 4.78 is 26.7. The topological polar surface area (TPSA) is 86.3 Å². The molecule has 108 valence electrons. The molecule has 1 saturated heterocycles. The Hall–Kier alpha value is -0.920. The molecule has 1 aliphatic heterocycles. The summed E-state index contributed by atoms with van der Waals surface area (Å²) in [5.74, 6) is 0.877. The van der Waals surface area contributed by atoms with Crippen LogP contribution < -0.4 is 0 Å². The number of aliphatic hydroxyl groups is 1. The molecule has 2 heterocycles. The number of nitrogens with one attached hydrogen (secondary N) is 1. The number of hydrogen-bond donors (Lipinski definition) is 2. The number of sulfonamides is 1. The summed E-state index contributed by atoms with van der Waals surface area (Å²) in [6.07, 6.45) is 0.891. The Bertz CT molecular complexity index is 551. The van der Waals surface area contributed by atoms with Crippen molar-refractivity contribution >= 4 is 10.0 Å². The molecule has 0 bridgehead atoms. The van der Waals surface area contributed by atoms with Crippen LogP contribution in [0.2, 0.25) is 0 Å². The lowest BCUT2D eigenvalue weighted by Gasteiger charge is -2.18. The number of aromatic amines is 1. The Morgan fingerprint density at radius 2 is 2.21 bits per heavy atom. The lowest BCUT2D eigenvalue weighted by atomic mass is 9.96. The van der Waals surface area contributed by atoms with E-state index in [-0.39, 0.29) is 17.2 Å². The third kappa shape index (κ3) is 2.54. The van der Waals surface area contributed by atoms with E-state index in [4.69, 9.17) is 0 Å². The summed E-state index contributed by atoms with van der Waals surface area (Å²) in [5, 5.41) is 15.7. The summed E-state index contributed by atoms with van der Waals surface area (Å²) >= 11 is 0. The lowest BCUT2D eigenvalue weighted by molar-refractivity contribution is 0.273. The van der Waals surface area contributed by atoms with E-state index in [0.29, 0.717) is 30.6 Å². The number of aliphatic hydroxyl groups excluding tert-OH is 1. The first kappa shape index (κ1) is 14.5. The van der Waals surface area contributed by atoms with Crippen LogP contribution in [0.3, 0.4) is 0 Å². The van der Waals surface area contributed by atoms with Gasteiger partial charge in [-0.25, -0.2) is 8.42 Å². The molecule has 19 heavy (non-hydrogen) atoms. The zero-order valence-electron chi connectivity index (χ0n) is 11.5. The molecule has 1 aromatic rings. The molecule has 0 saturated carbocycles. The molecule has 1 fully saturated rings. The number of rotatable bonds is 4. The van der Waals surface area contributed by atoms with E-state index in [1.54, 1.807) is 6.92 Å². The Balaban J connectivity index is 2.31. The fraction of sp³-hybridized carbons (Fsp3) is 0.750. The van der Waals surface area contributed by atoms with Crippen molar-refractivity contribution in [3.63, 3.8) is 0 Å². The van der Waals surface area contributed by atoms with Crippen molar-refractivity contribution in [2.24, 2.45) is 11.8 Å². The number of hydrogen-bond acceptors (Lipinski definition) is 4. The van der Waals surface area contributed by atoms with Gasteiger partial charge in [0.2, 0.25) is 10.0 Å². The summed E-state index contributed by atoms with van der Waals surface area (Å²) in [6, 6.07) is 0. The van der Waals surface area contributed by atoms with Crippen molar-refractivity contribution in [2.45, 2.75) is 38.7 Å². The maximum absolute atomic E-state index is 12.6. The van der Waals surface area contributed by atoms with Gasteiger partial charge in [-0.2, -0.15) is 9.40 Å². The average Bonchev–Trinajstić information content (AvgIpc) is 2.95. The minimum atomic E-state index is -3.56. The predicted octanol–water partition coefficient (Wildman–Crippen LogP) is 0.877. The summed E-state index contributed by atoms with van der Waals surface area (Å²) in [6.45, 7) is 6.61. The van der Waals surface area contributed by atoms with Gasteiger partial charge in [-0.15, -0.1) is 0 Å². The standard InChI is InChI=1S/C12H21N3O3S/c1-8(2)10-4-5-15(6-10)19(17,18)12-9(3)13-14-11(12)7-16/h8,10,16H,4-7H2,1-3H3,(H,13,14). The number of H-pyrrole nitrogens is 1. The molecule has 1 unspecified atom stereocenters. The van der Waals surface area contributed by atoms with Crippen LogP contribution in [0, 0.1) is 18.8 Å². The van der Waals surface area contributed by atoms with Gasteiger partial charge in [-0.1, -0.05) is 13.8 Å². The molecule has 1 atom stereocenters. The molecule has 0 aromatic carbocycles. The largest absolute Gasteiger partial charge is 0.390 e. The maximum Gasteiger partial charge on any atom is 0.246 e. The Labute approximate surface area is 113 Å². The second-order valence-electron chi connectivity index (χ2n) is 5.44. The molecular weight excluding hydrogens is 266 g/mol. The van der Waals surface area contributed by atoms with Crippen molar-refractivity contribution in [1.29, 1.82) is 0 Å². The van der Waals surface area contributed by atoms with Crippen LogP contribution in [-0.4, -0.2) is 41.1 Å². The monoisotopic (exact) mass is 287 g/mol. The van der Waals surface area contributed by atoms with E-state index in [9.17, 15) is 13.5 Å². The molecule has 2 N–H and O–H groups in total. The highest BCUT2D eigenvalue weighted by molar-refractivity contribution is 7.89. The molecule has 1 aliphatic rings. The van der Waals surface area contributed by atoms with Crippen LogP contribution in [0.4, 0.5) is 0 Å². The second kappa shape index (κ2) is 5.22. The quantitative estimate of drug-likeness (QED) is 0.860. The Morgan fingerprint density at radius 3 is 2.74 bits per heavy atom. The Morgan fingerprint density at radius 1 is 1.53 bits per heavy atom. The fourth-order valence-corrected chi connectivity index (χ4v) is 4.40. The molecule has 0 amide bonds. The van der Waals surface area contributed by atoms with E-state index in [0.717, 1.165) is 6.42 Å². The third-order valence-electron chi connectivity index (χ3n) is 3.84. The lowest BCUT2D eigenvalue weighted by Crippen LogP contribution is -2.30. The minimum absolute atomic E-state index is 0.138. The maximum atomic E-state index is 12.6. The SMILES string of the molecule is Cc1[nH]nc(CO)c1S(=O)(=O)N1CCC(C(C)C)C1. The smallest absolute Gasteiger partial charge is 0.246 e. The van der Waals surface area contributed by atoms with Gasteiger partial charge in [0.05, 0.1) is 12.3 Å². The molecule has 0 spiro atoms. The minimum Gasteiger partial charge on any atom is -0.390 e.